The molecule has 0 saturated carbocycles. The van der Waals surface area contributed by atoms with E-state index in [0.29, 0.717) is 26.3 Å². The SMILES string of the molecule is O=c1cc(N2CCOCC2)nc(OCC(F)(F)F)n1-c1ccc(O)cc1. The summed E-state index contributed by atoms with van der Waals surface area (Å²) in [6.07, 6.45) is -4.58. The molecule has 1 aromatic heterocycles. The molecule has 2 aromatic rings. The molecule has 0 atom stereocenters. The second kappa shape index (κ2) is 7.24. The average Bonchev–Trinajstić information content (AvgIpc) is 2.61. The first-order chi connectivity index (χ1) is 12.3. The zero-order valence-electron chi connectivity index (χ0n) is 13.6. The monoisotopic (exact) mass is 371 g/mol. The predicted molar refractivity (Wildman–Crippen MR) is 86.1 cm³/mol. The Bertz CT molecular complexity index is 815. The van der Waals surface area contributed by atoms with Gasteiger partial charge in [-0.15, -0.1) is 0 Å². The Morgan fingerprint density at radius 2 is 1.85 bits per heavy atom. The molecular weight excluding hydrogens is 355 g/mol. The normalized spacial score (nSPS) is 15.1. The summed E-state index contributed by atoms with van der Waals surface area (Å²) in [5.41, 5.74) is -0.365. The van der Waals surface area contributed by atoms with Gasteiger partial charge in [-0.25, -0.2) is 4.57 Å². The van der Waals surface area contributed by atoms with Gasteiger partial charge in [0.1, 0.15) is 11.6 Å². The van der Waals surface area contributed by atoms with Gasteiger partial charge in [-0.3, -0.25) is 4.79 Å². The number of ether oxygens (including phenoxy) is 2. The molecule has 1 saturated heterocycles. The summed E-state index contributed by atoms with van der Waals surface area (Å²) in [7, 11) is 0. The van der Waals surface area contributed by atoms with Gasteiger partial charge < -0.3 is 19.5 Å². The van der Waals surface area contributed by atoms with E-state index in [4.69, 9.17) is 9.47 Å². The molecule has 1 fully saturated rings. The molecule has 0 amide bonds. The van der Waals surface area contributed by atoms with Crippen molar-refractivity contribution >= 4 is 5.82 Å². The van der Waals surface area contributed by atoms with Gasteiger partial charge in [-0.2, -0.15) is 18.2 Å². The molecule has 0 unspecified atom stereocenters. The third-order valence-electron chi connectivity index (χ3n) is 3.68. The first-order valence-electron chi connectivity index (χ1n) is 7.79. The molecule has 1 aliphatic heterocycles. The lowest BCUT2D eigenvalue weighted by Crippen LogP contribution is -2.38. The maximum absolute atomic E-state index is 12.6. The fraction of sp³-hybridized carbons (Fsp3) is 0.375. The molecule has 3 rings (SSSR count). The number of aromatic nitrogens is 2. The van der Waals surface area contributed by atoms with E-state index < -0.39 is 24.4 Å². The zero-order chi connectivity index (χ0) is 18.7. The number of aromatic hydroxyl groups is 1. The summed E-state index contributed by atoms with van der Waals surface area (Å²) in [6.45, 7) is 0.218. The molecule has 0 bridgehead atoms. The number of benzene rings is 1. The zero-order valence-corrected chi connectivity index (χ0v) is 13.6. The number of anilines is 1. The van der Waals surface area contributed by atoms with Crippen LogP contribution in [0.4, 0.5) is 19.0 Å². The van der Waals surface area contributed by atoms with Gasteiger partial charge in [0.2, 0.25) is 0 Å². The maximum atomic E-state index is 12.6. The molecule has 0 spiro atoms. The topological polar surface area (TPSA) is 76.8 Å². The summed E-state index contributed by atoms with van der Waals surface area (Å²) in [6, 6.07) is 6.15. The van der Waals surface area contributed by atoms with Gasteiger partial charge in [0.25, 0.3) is 5.56 Å². The number of phenolic OH excluding ortho intramolecular Hbond substituents is 1. The highest BCUT2D eigenvalue weighted by atomic mass is 19.4. The lowest BCUT2D eigenvalue weighted by atomic mass is 10.3. The van der Waals surface area contributed by atoms with Crippen LogP contribution in [0.25, 0.3) is 5.69 Å². The highest BCUT2D eigenvalue weighted by Gasteiger charge is 2.30. The molecule has 1 aliphatic rings. The largest absolute Gasteiger partial charge is 0.508 e. The van der Waals surface area contributed by atoms with Gasteiger partial charge in [0.15, 0.2) is 6.61 Å². The smallest absolute Gasteiger partial charge is 0.422 e. The molecule has 1 N–H and O–H groups in total. The minimum Gasteiger partial charge on any atom is -0.508 e. The Balaban J connectivity index is 2.03. The van der Waals surface area contributed by atoms with Crippen LogP contribution in [0.1, 0.15) is 0 Å². The number of phenols is 1. The highest BCUT2D eigenvalue weighted by molar-refractivity contribution is 5.44. The van der Waals surface area contributed by atoms with E-state index in [1.54, 1.807) is 4.90 Å². The molecule has 10 heteroatoms. The minimum absolute atomic E-state index is 0.0440. The van der Waals surface area contributed by atoms with Gasteiger partial charge in [-0.05, 0) is 24.3 Å². The second-order valence-corrected chi connectivity index (χ2v) is 5.59. The predicted octanol–water partition coefficient (Wildman–Crippen LogP) is 1.72. The first kappa shape index (κ1) is 18.1. The van der Waals surface area contributed by atoms with E-state index in [2.05, 4.69) is 4.98 Å². The Morgan fingerprint density at radius 1 is 1.19 bits per heavy atom. The summed E-state index contributed by atoms with van der Waals surface area (Å²) >= 11 is 0. The van der Waals surface area contributed by atoms with Crippen LogP contribution in [0.2, 0.25) is 0 Å². The van der Waals surface area contributed by atoms with E-state index in [-0.39, 0.29) is 17.3 Å². The second-order valence-electron chi connectivity index (χ2n) is 5.59. The fourth-order valence-corrected chi connectivity index (χ4v) is 2.49. The Labute approximate surface area is 146 Å². The molecule has 140 valence electrons. The van der Waals surface area contributed by atoms with Crippen molar-refractivity contribution in [3.05, 3.63) is 40.7 Å². The van der Waals surface area contributed by atoms with Crippen molar-refractivity contribution in [2.75, 3.05) is 37.8 Å². The summed E-state index contributed by atoms with van der Waals surface area (Å²) in [5, 5.41) is 9.36. The van der Waals surface area contributed by atoms with Gasteiger partial charge in [0, 0.05) is 19.2 Å². The van der Waals surface area contributed by atoms with E-state index >= 15 is 0 Å². The number of alkyl halides is 3. The van der Waals surface area contributed by atoms with Crippen LogP contribution in [-0.4, -0.2) is 53.7 Å². The van der Waals surface area contributed by atoms with Crippen LogP contribution in [-0.2, 0) is 4.74 Å². The summed E-state index contributed by atoms with van der Waals surface area (Å²) < 4.78 is 48.7. The number of halogens is 3. The third kappa shape index (κ3) is 4.26. The fourth-order valence-electron chi connectivity index (χ4n) is 2.49. The van der Waals surface area contributed by atoms with Crippen molar-refractivity contribution in [1.82, 2.24) is 9.55 Å². The minimum atomic E-state index is -4.58. The van der Waals surface area contributed by atoms with Crippen LogP contribution < -0.4 is 15.2 Å². The van der Waals surface area contributed by atoms with E-state index in [1.165, 1.54) is 30.3 Å². The Hall–Kier alpha value is -2.75. The molecule has 0 aliphatic carbocycles. The van der Waals surface area contributed by atoms with Gasteiger partial charge in [0.05, 0.1) is 18.9 Å². The van der Waals surface area contributed by atoms with Crippen LogP contribution in [0, 0.1) is 0 Å². The molecular formula is C16H16F3N3O4. The van der Waals surface area contributed by atoms with Crippen molar-refractivity contribution in [3.8, 4) is 17.4 Å². The Kier molecular flexibility index (Phi) is 5.03. The standard InChI is InChI=1S/C16H16F3N3O4/c17-16(18,19)10-26-15-20-13(21-5-7-25-8-6-21)9-14(24)22(15)11-1-3-12(23)4-2-11/h1-4,9,23H,5-8,10H2. The lowest BCUT2D eigenvalue weighted by Gasteiger charge is -2.28. The number of nitrogens with zero attached hydrogens (tertiary/aromatic N) is 3. The Morgan fingerprint density at radius 3 is 2.46 bits per heavy atom. The summed E-state index contributed by atoms with van der Waals surface area (Å²) in [4.78, 5) is 18.4. The lowest BCUT2D eigenvalue weighted by molar-refractivity contribution is -0.155. The van der Waals surface area contributed by atoms with Gasteiger partial charge in [-0.1, -0.05) is 0 Å². The highest BCUT2D eigenvalue weighted by Crippen LogP contribution is 2.22. The quantitative estimate of drug-likeness (QED) is 0.882. The van der Waals surface area contributed by atoms with Crippen LogP contribution >= 0.6 is 0 Å². The van der Waals surface area contributed by atoms with Gasteiger partial charge >= 0.3 is 12.2 Å². The van der Waals surface area contributed by atoms with E-state index in [9.17, 15) is 23.1 Å². The molecule has 7 nitrogen and oxygen atoms in total. The van der Waals surface area contributed by atoms with E-state index in [1.807, 2.05) is 0 Å². The molecule has 0 radical (unpaired) electrons. The number of morpholine rings is 1. The van der Waals surface area contributed by atoms with Crippen molar-refractivity contribution in [2.45, 2.75) is 6.18 Å². The first-order valence-corrected chi connectivity index (χ1v) is 7.79. The van der Waals surface area contributed by atoms with Crippen LogP contribution in [0.3, 0.4) is 0 Å². The van der Waals surface area contributed by atoms with E-state index in [0.717, 1.165) is 4.57 Å². The molecule has 26 heavy (non-hydrogen) atoms. The maximum Gasteiger partial charge on any atom is 0.422 e. The number of hydrogen-bond donors (Lipinski definition) is 1. The number of rotatable bonds is 4. The molecule has 1 aromatic carbocycles. The van der Waals surface area contributed by atoms with Crippen molar-refractivity contribution in [3.63, 3.8) is 0 Å². The van der Waals surface area contributed by atoms with Crippen LogP contribution in [0.15, 0.2) is 35.1 Å². The van der Waals surface area contributed by atoms with Crippen molar-refractivity contribution in [1.29, 1.82) is 0 Å². The molecule has 2 heterocycles. The third-order valence-corrected chi connectivity index (χ3v) is 3.68. The van der Waals surface area contributed by atoms with Crippen molar-refractivity contribution in [2.24, 2.45) is 0 Å². The average molecular weight is 371 g/mol. The van der Waals surface area contributed by atoms with Crippen molar-refractivity contribution < 1.29 is 27.8 Å². The summed E-state index contributed by atoms with van der Waals surface area (Å²) in [5.74, 6) is 0.183. The van der Waals surface area contributed by atoms with Crippen LogP contribution in [0.5, 0.6) is 11.8 Å². The number of hydrogen-bond acceptors (Lipinski definition) is 6.